The minimum absolute atomic E-state index is 0.0381. The lowest BCUT2D eigenvalue weighted by Gasteiger charge is -2.24. The van der Waals surface area contributed by atoms with Gasteiger partial charge in [-0.3, -0.25) is 9.36 Å². The van der Waals surface area contributed by atoms with Crippen molar-refractivity contribution in [3.63, 3.8) is 0 Å². The molecule has 3 aromatic rings. The predicted molar refractivity (Wildman–Crippen MR) is 131 cm³/mol. The van der Waals surface area contributed by atoms with Gasteiger partial charge in [-0.25, -0.2) is 4.98 Å². The van der Waals surface area contributed by atoms with Crippen molar-refractivity contribution >= 4 is 11.4 Å². The van der Waals surface area contributed by atoms with Gasteiger partial charge in [0.05, 0.1) is 23.4 Å². The number of aromatic nitrogens is 2. The van der Waals surface area contributed by atoms with Crippen molar-refractivity contribution in [3.05, 3.63) is 75.2 Å². The summed E-state index contributed by atoms with van der Waals surface area (Å²) in [7, 11) is 4.78. The summed E-state index contributed by atoms with van der Waals surface area (Å²) in [5, 5.41) is 3.31. The Balaban J connectivity index is 1.79. The molecule has 6 nitrogen and oxygen atoms in total. The van der Waals surface area contributed by atoms with Crippen LogP contribution in [-0.4, -0.2) is 36.4 Å². The van der Waals surface area contributed by atoms with E-state index >= 15 is 0 Å². The van der Waals surface area contributed by atoms with Gasteiger partial charge in [-0.1, -0.05) is 24.3 Å². The first-order valence-electron chi connectivity index (χ1n) is 11.5. The summed E-state index contributed by atoms with van der Waals surface area (Å²) >= 11 is 0. The molecule has 2 atom stereocenters. The number of hydrogen-bond donors (Lipinski definition) is 1. The first kappa shape index (κ1) is 24.8. The van der Waals surface area contributed by atoms with E-state index in [2.05, 4.69) is 10.3 Å². The van der Waals surface area contributed by atoms with Gasteiger partial charge in [0.15, 0.2) is 0 Å². The third kappa shape index (κ3) is 4.65. The number of nitrogens with one attached hydrogen (secondary N) is 1. The molecule has 186 valence electrons. The van der Waals surface area contributed by atoms with E-state index in [4.69, 9.17) is 4.74 Å². The Labute approximate surface area is 202 Å². The second-order valence-corrected chi connectivity index (χ2v) is 8.90. The molecule has 2 aromatic carbocycles. The third-order valence-electron chi connectivity index (χ3n) is 6.40. The van der Waals surface area contributed by atoms with Crippen molar-refractivity contribution in [1.29, 1.82) is 0 Å². The Kier molecular flexibility index (Phi) is 6.64. The quantitative estimate of drug-likeness (QED) is 0.534. The van der Waals surface area contributed by atoms with Gasteiger partial charge in [-0.05, 0) is 43.2 Å². The van der Waals surface area contributed by atoms with Crippen molar-refractivity contribution in [2.45, 2.75) is 38.6 Å². The highest BCUT2D eigenvalue weighted by molar-refractivity contribution is 5.68. The first-order chi connectivity index (χ1) is 16.5. The first-order valence-corrected chi connectivity index (χ1v) is 11.5. The number of anilines is 2. The molecule has 1 N–H and O–H groups in total. The van der Waals surface area contributed by atoms with Crippen LogP contribution in [0.3, 0.4) is 0 Å². The molecule has 1 aliphatic rings. The van der Waals surface area contributed by atoms with Crippen molar-refractivity contribution in [2.75, 3.05) is 30.9 Å². The van der Waals surface area contributed by atoms with E-state index in [0.717, 1.165) is 17.2 Å². The molecule has 0 saturated carbocycles. The highest BCUT2D eigenvalue weighted by Gasteiger charge is 2.36. The molecule has 0 radical (unpaired) electrons. The highest BCUT2D eigenvalue weighted by atomic mass is 19.4. The number of ether oxygens (including phenoxy) is 1. The molecule has 0 fully saturated rings. The number of halogens is 3. The lowest BCUT2D eigenvalue weighted by Crippen LogP contribution is -2.31. The van der Waals surface area contributed by atoms with Gasteiger partial charge in [-0.2, -0.15) is 13.2 Å². The fourth-order valence-corrected chi connectivity index (χ4v) is 4.61. The van der Waals surface area contributed by atoms with E-state index in [1.165, 1.54) is 17.7 Å². The monoisotopic (exact) mass is 486 g/mol. The highest BCUT2D eigenvalue weighted by Crippen LogP contribution is 2.39. The van der Waals surface area contributed by atoms with E-state index in [1.807, 2.05) is 31.2 Å². The average Bonchev–Trinajstić information content (AvgIpc) is 3.15. The van der Waals surface area contributed by atoms with Crippen LogP contribution in [0.5, 0.6) is 0 Å². The fraction of sp³-hybridized carbons (Fsp3) is 0.385. The van der Waals surface area contributed by atoms with Gasteiger partial charge >= 0.3 is 6.18 Å². The number of alkyl halides is 3. The van der Waals surface area contributed by atoms with E-state index in [1.54, 1.807) is 32.0 Å². The van der Waals surface area contributed by atoms with Crippen LogP contribution >= 0.6 is 0 Å². The second-order valence-electron chi connectivity index (χ2n) is 8.90. The number of rotatable bonds is 6. The van der Waals surface area contributed by atoms with Crippen LogP contribution in [0.4, 0.5) is 24.5 Å². The lowest BCUT2D eigenvalue weighted by molar-refractivity contribution is -0.137. The number of fused-ring (bicyclic) bond motifs is 1. The maximum Gasteiger partial charge on any atom is 0.417 e. The lowest BCUT2D eigenvalue weighted by atomic mass is 10.0. The molecule has 0 saturated heterocycles. The van der Waals surface area contributed by atoms with Crippen LogP contribution in [0.15, 0.2) is 47.3 Å². The summed E-state index contributed by atoms with van der Waals surface area (Å²) in [5.74, 6) is -0.0381. The molecule has 9 heteroatoms. The Morgan fingerprint density at radius 3 is 2.57 bits per heavy atom. The van der Waals surface area contributed by atoms with Gasteiger partial charge in [0.1, 0.15) is 11.5 Å². The molecule has 0 bridgehead atoms. The maximum atomic E-state index is 14.0. The molecule has 4 rings (SSSR count). The van der Waals surface area contributed by atoms with Crippen molar-refractivity contribution in [2.24, 2.45) is 7.05 Å². The van der Waals surface area contributed by atoms with E-state index in [9.17, 15) is 18.0 Å². The molecule has 1 aliphatic carbocycles. The molecule has 0 aliphatic heterocycles. The predicted octanol–water partition coefficient (Wildman–Crippen LogP) is 4.95. The van der Waals surface area contributed by atoms with Gasteiger partial charge < -0.3 is 15.0 Å². The minimum Gasteiger partial charge on any atom is -0.378 e. The topological polar surface area (TPSA) is 59.4 Å². The zero-order valence-corrected chi connectivity index (χ0v) is 20.4. The number of hydrogen-bond acceptors (Lipinski definition) is 5. The molecule has 0 amide bonds. The SMILES string of the molecule is CCO[C@H]1Cc2ccccc2[C@H]1Nc1c(C)nc(-c2ccc(N(C)C)cc2C(F)(F)F)n(C)c1=O. The smallest absolute Gasteiger partial charge is 0.378 e. The molecule has 0 unspecified atom stereocenters. The second kappa shape index (κ2) is 9.37. The van der Waals surface area contributed by atoms with Crippen LogP contribution in [0.1, 0.15) is 35.3 Å². The summed E-state index contributed by atoms with van der Waals surface area (Å²) in [6, 6.07) is 11.7. The summed E-state index contributed by atoms with van der Waals surface area (Å²) in [6.07, 6.45) is -4.07. The van der Waals surface area contributed by atoms with Crippen LogP contribution in [0.2, 0.25) is 0 Å². The molecule has 0 spiro atoms. The minimum atomic E-state index is -4.61. The van der Waals surface area contributed by atoms with Gasteiger partial charge in [-0.15, -0.1) is 0 Å². The van der Waals surface area contributed by atoms with E-state index < -0.39 is 17.3 Å². The van der Waals surface area contributed by atoms with Crippen LogP contribution < -0.4 is 15.8 Å². The summed E-state index contributed by atoms with van der Waals surface area (Å²) < 4.78 is 49.0. The molecular weight excluding hydrogens is 457 g/mol. The Bertz CT molecular complexity index is 1300. The van der Waals surface area contributed by atoms with Crippen molar-refractivity contribution in [1.82, 2.24) is 9.55 Å². The van der Waals surface area contributed by atoms with Gasteiger partial charge in [0, 0.05) is 45.4 Å². The standard InChI is InChI=1S/C26H29F3N4O2/c1-6-35-21-13-16-9-7-8-10-18(16)23(21)31-22-15(2)30-24(33(5)25(22)34)19-12-11-17(32(3)4)14-20(19)26(27,28)29/h7-12,14,21,23,31H,6,13H2,1-5H3/t21-,23+/m0/s1. The largest absolute Gasteiger partial charge is 0.417 e. The van der Waals surface area contributed by atoms with Gasteiger partial charge in [0.2, 0.25) is 0 Å². The van der Waals surface area contributed by atoms with E-state index in [-0.39, 0.29) is 29.2 Å². The Morgan fingerprint density at radius 2 is 1.91 bits per heavy atom. The molecule has 35 heavy (non-hydrogen) atoms. The van der Waals surface area contributed by atoms with Gasteiger partial charge in [0.25, 0.3) is 5.56 Å². The number of nitrogens with zero attached hydrogens (tertiary/aromatic N) is 3. The summed E-state index contributed by atoms with van der Waals surface area (Å²) in [4.78, 5) is 19.5. The fourth-order valence-electron chi connectivity index (χ4n) is 4.61. The van der Waals surface area contributed by atoms with E-state index in [0.29, 0.717) is 24.4 Å². The summed E-state index contributed by atoms with van der Waals surface area (Å²) in [6.45, 7) is 4.07. The molecule has 1 heterocycles. The normalized spacial score (nSPS) is 17.4. The van der Waals surface area contributed by atoms with Crippen LogP contribution in [0.25, 0.3) is 11.4 Å². The summed E-state index contributed by atoms with van der Waals surface area (Å²) in [5.41, 5.74) is 1.73. The molecular formula is C26H29F3N4O2. The number of aryl methyl sites for hydroxylation is 1. The zero-order valence-electron chi connectivity index (χ0n) is 20.4. The average molecular weight is 487 g/mol. The number of benzene rings is 2. The maximum absolute atomic E-state index is 14.0. The van der Waals surface area contributed by atoms with Crippen LogP contribution in [-0.2, 0) is 24.4 Å². The Morgan fingerprint density at radius 1 is 1.20 bits per heavy atom. The van der Waals surface area contributed by atoms with Crippen LogP contribution in [0, 0.1) is 6.92 Å². The molecule has 1 aromatic heterocycles. The Hall–Kier alpha value is -3.33. The zero-order chi connectivity index (χ0) is 25.5. The van der Waals surface area contributed by atoms with Crippen molar-refractivity contribution < 1.29 is 17.9 Å². The third-order valence-corrected chi connectivity index (χ3v) is 6.40. The van der Waals surface area contributed by atoms with Crippen molar-refractivity contribution in [3.8, 4) is 11.4 Å².